The van der Waals surface area contributed by atoms with Crippen LogP contribution < -0.4 is 0 Å². The average molecular weight is 405 g/mol. The second-order valence-corrected chi connectivity index (χ2v) is 9.89. The molecule has 160 valence electrons. The molecule has 0 unspecified atom stereocenters. The normalized spacial score (nSPS) is 43.0. The molecule has 3 aliphatic rings. The third kappa shape index (κ3) is 2.93. The van der Waals surface area contributed by atoms with Crippen LogP contribution in [0.25, 0.3) is 0 Å². The number of aliphatic hydroxyl groups is 2. The molecule has 0 aromatic heterocycles. The highest BCUT2D eigenvalue weighted by atomic mass is 16.6. The molecule has 1 aromatic rings. The van der Waals surface area contributed by atoms with Gasteiger partial charge in [-0.05, 0) is 62.6 Å². The number of ether oxygens (including phenoxy) is 2. The Kier molecular flexibility index (Phi) is 4.81. The lowest BCUT2D eigenvalue weighted by Gasteiger charge is -2.61. The number of nitro groups is 1. The number of non-ortho nitro benzene ring substituents is 1. The molecule has 7 heteroatoms. The summed E-state index contributed by atoms with van der Waals surface area (Å²) in [4.78, 5) is 10.4. The van der Waals surface area contributed by atoms with E-state index in [2.05, 4.69) is 20.8 Å². The second-order valence-electron chi connectivity index (χ2n) is 9.89. The highest BCUT2D eigenvalue weighted by Gasteiger charge is 2.73. The van der Waals surface area contributed by atoms with Crippen molar-refractivity contribution < 1.29 is 24.6 Å². The Balaban J connectivity index is 1.63. The summed E-state index contributed by atoms with van der Waals surface area (Å²) in [5, 5.41) is 32.5. The van der Waals surface area contributed by atoms with Gasteiger partial charge >= 0.3 is 0 Å². The Bertz CT molecular complexity index is 795. The van der Waals surface area contributed by atoms with Gasteiger partial charge in [0.2, 0.25) is 0 Å². The summed E-state index contributed by atoms with van der Waals surface area (Å²) in [6.45, 7) is 8.60. The number of fused-ring (bicyclic) bond motifs is 1. The summed E-state index contributed by atoms with van der Waals surface area (Å²) >= 11 is 0. The van der Waals surface area contributed by atoms with Gasteiger partial charge in [-0.25, -0.2) is 0 Å². The van der Waals surface area contributed by atoms with Crippen LogP contribution in [0.15, 0.2) is 24.3 Å². The van der Waals surface area contributed by atoms with Crippen LogP contribution in [0.3, 0.4) is 0 Å². The van der Waals surface area contributed by atoms with Crippen LogP contribution in [-0.4, -0.2) is 44.7 Å². The van der Waals surface area contributed by atoms with E-state index in [4.69, 9.17) is 9.47 Å². The van der Waals surface area contributed by atoms with Crippen LogP contribution >= 0.6 is 0 Å². The Morgan fingerprint density at radius 3 is 2.48 bits per heavy atom. The van der Waals surface area contributed by atoms with Crippen LogP contribution in [0.1, 0.15) is 52.5 Å². The Morgan fingerprint density at radius 2 is 1.86 bits per heavy atom. The highest BCUT2D eigenvalue weighted by molar-refractivity contribution is 5.32. The van der Waals surface area contributed by atoms with E-state index in [1.807, 2.05) is 6.92 Å². The molecule has 1 aromatic carbocycles. The molecular formula is C22H31NO6. The molecule has 1 aliphatic heterocycles. The Labute approximate surface area is 171 Å². The van der Waals surface area contributed by atoms with Crippen molar-refractivity contribution >= 4 is 5.69 Å². The van der Waals surface area contributed by atoms with Crippen molar-refractivity contribution in [2.24, 2.45) is 17.3 Å². The number of rotatable bonds is 4. The van der Waals surface area contributed by atoms with E-state index >= 15 is 0 Å². The number of aliphatic hydroxyl groups excluding tert-OH is 2. The van der Waals surface area contributed by atoms with Crippen LogP contribution in [0, 0.1) is 27.4 Å². The van der Waals surface area contributed by atoms with Gasteiger partial charge in [0.15, 0.2) is 0 Å². The van der Waals surface area contributed by atoms with Gasteiger partial charge in [0.1, 0.15) is 0 Å². The third-order valence-electron chi connectivity index (χ3n) is 8.03. The maximum Gasteiger partial charge on any atom is 0.269 e. The molecule has 7 nitrogen and oxygen atoms in total. The van der Waals surface area contributed by atoms with Crippen molar-refractivity contribution in [3.63, 3.8) is 0 Å². The maximum absolute atomic E-state index is 11.1. The molecule has 2 bridgehead atoms. The number of hydrogen-bond acceptors (Lipinski definition) is 6. The van der Waals surface area contributed by atoms with Crippen LogP contribution in [0.5, 0.6) is 0 Å². The minimum atomic E-state index is -0.935. The number of benzene rings is 1. The first kappa shape index (κ1) is 20.7. The minimum absolute atomic E-state index is 0.0465. The zero-order valence-corrected chi connectivity index (χ0v) is 17.5. The van der Waals surface area contributed by atoms with Crippen molar-refractivity contribution in [3.05, 3.63) is 39.9 Å². The zero-order valence-electron chi connectivity index (χ0n) is 17.5. The van der Waals surface area contributed by atoms with Gasteiger partial charge in [-0.1, -0.05) is 13.8 Å². The molecule has 3 fully saturated rings. The number of nitrogens with zero attached hydrogens (tertiary/aromatic N) is 1. The van der Waals surface area contributed by atoms with Gasteiger partial charge in [0, 0.05) is 12.1 Å². The first-order valence-electron chi connectivity index (χ1n) is 10.4. The number of hydrogen-bond donors (Lipinski definition) is 2. The van der Waals surface area contributed by atoms with Crippen molar-refractivity contribution in [1.82, 2.24) is 0 Å². The van der Waals surface area contributed by atoms with E-state index in [0.29, 0.717) is 18.9 Å². The van der Waals surface area contributed by atoms with Crippen molar-refractivity contribution in [1.29, 1.82) is 0 Å². The highest BCUT2D eigenvalue weighted by Crippen LogP contribution is 2.66. The fraction of sp³-hybridized carbons (Fsp3) is 0.727. The van der Waals surface area contributed by atoms with E-state index in [0.717, 1.165) is 18.4 Å². The lowest BCUT2D eigenvalue weighted by Crippen LogP contribution is -2.70. The molecule has 2 N–H and O–H groups in total. The fourth-order valence-corrected chi connectivity index (χ4v) is 6.19. The van der Waals surface area contributed by atoms with E-state index < -0.39 is 28.1 Å². The lowest BCUT2D eigenvalue weighted by atomic mass is 9.50. The monoisotopic (exact) mass is 405 g/mol. The molecule has 1 spiro atoms. The van der Waals surface area contributed by atoms with E-state index in [1.54, 1.807) is 12.1 Å². The summed E-state index contributed by atoms with van der Waals surface area (Å²) in [6.07, 6.45) is 0.0818. The molecular weight excluding hydrogens is 374 g/mol. The Hall–Kier alpha value is -1.54. The van der Waals surface area contributed by atoms with Gasteiger partial charge in [-0.15, -0.1) is 0 Å². The summed E-state index contributed by atoms with van der Waals surface area (Å²) in [6, 6.07) is 6.34. The quantitative estimate of drug-likeness (QED) is 0.589. The van der Waals surface area contributed by atoms with Gasteiger partial charge in [-0.3, -0.25) is 10.1 Å². The molecule has 7 atom stereocenters. The lowest BCUT2D eigenvalue weighted by molar-refractivity contribution is -0.384. The molecule has 4 rings (SSSR count). The third-order valence-corrected chi connectivity index (χ3v) is 8.03. The SMILES string of the molecule is C[C@@H]1C[C@H](O)[C@H](O)[C@@]2(C)[C@@H](OCc3ccc([N+](=O)[O-])cc3)C[C@@H]3C[C@]12OC3(C)C. The van der Waals surface area contributed by atoms with Gasteiger partial charge in [0.25, 0.3) is 5.69 Å². The van der Waals surface area contributed by atoms with Crippen LogP contribution in [-0.2, 0) is 16.1 Å². The topological polar surface area (TPSA) is 102 Å². The van der Waals surface area contributed by atoms with Gasteiger partial charge < -0.3 is 19.7 Å². The molecule has 2 aliphatic carbocycles. The second kappa shape index (κ2) is 6.74. The number of nitro benzene ring substituents is 1. The smallest absolute Gasteiger partial charge is 0.269 e. The molecule has 1 heterocycles. The Morgan fingerprint density at radius 1 is 1.21 bits per heavy atom. The molecule has 1 saturated heterocycles. The first-order chi connectivity index (χ1) is 13.5. The van der Waals surface area contributed by atoms with Gasteiger partial charge in [0.05, 0.1) is 46.5 Å². The van der Waals surface area contributed by atoms with Crippen molar-refractivity contribution in [3.8, 4) is 0 Å². The van der Waals surface area contributed by atoms with E-state index in [9.17, 15) is 20.3 Å². The summed E-state index contributed by atoms with van der Waals surface area (Å²) in [5.41, 5.74) is -0.716. The minimum Gasteiger partial charge on any atom is -0.390 e. The fourth-order valence-electron chi connectivity index (χ4n) is 6.19. The molecule has 29 heavy (non-hydrogen) atoms. The van der Waals surface area contributed by atoms with Crippen molar-refractivity contribution in [2.45, 2.75) is 83.1 Å². The molecule has 0 amide bonds. The van der Waals surface area contributed by atoms with Gasteiger partial charge in [-0.2, -0.15) is 0 Å². The van der Waals surface area contributed by atoms with E-state index in [-0.39, 0.29) is 23.3 Å². The predicted molar refractivity (Wildman–Crippen MR) is 106 cm³/mol. The largest absolute Gasteiger partial charge is 0.390 e. The summed E-state index contributed by atoms with van der Waals surface area (Å²) in [7, 11) is 0. The standard InChI is InChI=1S/C22H31NO6/c1-13-9-17(24)19(25)21(4)18(10-15-11-22(13,21)29-20(15,2)3)28-12-14-5-7-16(8-6-14)23(26)27/h5-8,13,15,17-19,24-25H,9-12H2,1-4H3/t13-,15-,17+,18+,19+,21-,22+/m1/s1. The van der Waals surface area contributed by atoms with Crippen LogP contribution in [0.4, 0.5) is 5.69 Å². The van der Waals surface area contributed by atoms with Crippen LogP contribution in [0.2, 0.25) is 0 Å². The van der Waals surface area contributed by atoms with E-state index in [1.165, 1.54) is 12.1 Å². The van der Waals surface area contributed by atoms with Crippen molar-refractivity contribution in [2.75, 3.05) is 0 Å². The molecule has 2 saturated carbocycles. The predicted octanol–water partition coefficient (Wildman–Crippen LogP) is 3.21. The maximum atomic E-state index is 11.1. The zero-order chi connectivity index (χ0) is 21.2. The average Bonchev–Trinajstić information content (AvgIpc) is 2.91. The first-order valence-corrected chi connectivity index (χ1v) is 10.4. The molecule has 0 radical (unpaired) electrons. The summed E-state index contributed by atoms with van der Waals surface area (Å²) in [5.74, 6) is 0.406. The summed E-state index contributed by atoms with van der Waals surface area (Å²) < 4.78 is 13.1.